The topological polar surface area (TPSA) is 48.8 Å². The summed E-state index contributed by atoms with van der Waals surface area (Å²) in [5.74, 6) is 1.04. The number of aliphatic hydroxyl groups excluding tert-OH is 1. The van der Waals surface area contributed by atoms with Gasteiger partial charge in [0.2, 0.25) is 0 Å². The lowest BCUT2D eigenvalue weighted by atomic mass is 10.3. The molecule has 0 bridgehead atoms. The predicted molar refractivity (Wildman–Crippen MR) is 78.5 cm³/mol. The Balaban J connectivity index is 1.71. The molecule has 0 aliphatic carbocycles. The third-order valence-electron chi connectivity index (χ3n) is 3.20. The summed E-state index contributed by atoms with van der Waals surface area (Å²) >= 11 is 3.40. The fraction of sp³-hybridized carbons (Fsp3) is 0.615. The molecule has 1 N–H and O–H groups in total. The maximum atomic E-state index is 8.63. The van der Waals surface area contributed by atoms with Gasteiger partial charge in [0.1, 0.15) is 5.82 Å². The van der Waals surface area contributed by atoms with Crippen LogP contribution in [0.15, 0.2) is 22.8 Å². The zero-order valence-electron chi connectivity index (χ0n) is 11.0. The van der Waals surface area contributed by atoms with E-state index >= 15 is 0 Å². The molecule has 0 amide bonds. The number of anilines is 1. The Labute approximate surface area is 122 Å². The monoisotopic (exact) mass is 329 g/mol. The number of hydrogen-bond acceptors (Lipinski definition) is 5. The molecule has 0 saturated carbocycles. The molecule has 2 heterocycles. The van der Waals surface area contributed by atoms with Crippen LogP contribution < -0.4 is 4.90 Å². The maximum absolute atomic E-state index is 8.63. The Kier molecular flexibility index (Phi) is 6.03. The minimum Gasteiger partial charge on any atom is -0.394 e. The van der Waals surface area contributed by atoms with Gasteiger partial charge in [0.15, 0.2) is 0 Å². The van der Waals surface area contributed by atoms with Crippen molar-refractivity contribution in [2.75, 3.05) is 57.4 Å². The van der Waals surface area contributed by atoms with E-state index in [4.69, 9.17) is 9.84 Å². The molecule has 1 saturated heterocycles. The van der Waals surface area contributed by atoms with Crippen molar-refractivity contribution in [3.8, 4) is 0 Å². The second kappa shape index (κ2) is 7.79. The Bertz CT molecular complexity index is 367. The smallest absolute Gasteiger partial charge is 0.128 e. The molecule has 1 aliphatic rings. The van der Waals surface area contributed by atoms with Crippen molar-refractivity contribution >= 4 is 21.7 Å². The van der Waals surface area contributed by atoms with E-state index in [1.807, 2.05) is 18.3 Å². The quantitative estimate of drug-likeness (QED) is 0.788. The van der Waals surface area contributed by atoms with Gasteiger partial charge < -0.3 is 14.7 Å². The van der Waals surface area contributed by atoms with Crippen LogP contribution in [0.1, 0.15) is 0 Å². The molecule has 0 atom stereocenters. The number of aliphatic hydroxyl groups is 1. The van der Waals surface area contributed by atoms with Crippen LogP contribution in [0, 0.1) is 0 Å². The van der Waals surface area contributed by atoms with E-state index in [-0.39, 0.29) is 6.61 Å². The van der Waals surface area contributed by atoms with E-state index in [0.29, 0.717) is 13.2 Å². The highest BCUT2D eigenvalue weighted by atomic mass is 79.9. The third-order valence-corrected chi connectivity index (χ3v) is 3.66. The molecular formula is C13H20BrN3O2. The summed E-state index contributed by atoms with van der Waals surface area (Å²) in [5.41, 5.74) is 0. The number of hydrogen-bond donors (Lipinski definition) is 1. The lowest BCUT2D eigenvalue weighted by Gasteiger charge is -2.35. The normalized spacial score (nSPS) is 16.8. The van der Waals surface area contributed by atoms with Crippen molar-refractivity contribution in [2.45, 2.75) is 0 Å². The zero-order chi connectivity index (χ0) is 13.5. The summed E-state index contributed by atoms with van der Waals surface area (Å²) in [6.45, 7) is 6.20. The first-order valence-electron chi connectivity index (χ1n) is 6.57. The minimum atomic E-state index is 0.100. The van der Waals surface area contributed by atoms with E-state index < -0.39 is 0 Å². The van der Waals surface area contributed by atoms with Gasteiger partial charge in [-0.2, -0.15) is 0 Å². The van der Waals surface area contributed by atoms with E-state index in [1.54, 1.807) is 0 Å². The summed E-state index contributed by atoms with van der Waals surface area (Å²) in [6.07, 6.45) is 1.84. The SMILES string of the molecule is OCCOCCN1CCN(c2ccc(Br)cn2)CC1. The van der Waals surface area contributed by atoms with Gasteiger partial charge in [-0.15, -0.1) is 0 Å². The average molecular weight is 330 g/mol. The standard InChI is InChI=1S/C13H20BrN3O2/c14-12-1-2-13(15-11-12)17-5-3-16(4-6-17)7-9-19-10-8-18/h1-2,11,18H,3-10H2. The summed E-state index contributed by atoms with van der Waals surface area (Å²) < 4.78 is 6.30. The van der Waals surface area contributed by atoms with Crippen LogP contribution in [-0.2, 0) is 4.74 Å². The fourth-order valence-electron chi connectivity index (χ4n) is 2.12. The summed E-state index contributed by atoms with van der Waals surface area (Å²) in [6, 6.07) is 4.07. The predicted octanol–water partition coefficient (Wildman–Crippen LogP) is 0.975. The van der Waals surface area contributed by atoms with Crippen LogP contribution in [0.2, 0.25) is 0 Å². The molecule has 6 heteroatoms. The molecule has 106 valence electrons. The van der Waals surface area contributed by atoms with E-state index in [0.717, 1.165) is 43.0 Å². The number of halogens is 1. The van der Waals surface area contributed by atoms with Crippen LogP contribution in [-0.4, -0.2) is 67.5 Å². The first kappa shape index (κ1) is 14.7. The lowest BCUT2D eigenvalue weighted by Crippen LogP contribution is -2.47. The summed E-state index contributed by atoms with van der Waals surface area (Å²) in [4.78, 5) is 9.11. The number of aromatic nitrogens is 1. The van der Waals surface area contributed by atoms with E-state index in [9.17, 15) is 0 Å². The molecule has 0 aromatic carbocycles. The molecule has 1 fully saturated rings. The molecule has 0 radical (unpaired) electrons. The minimum absolute atomic E-state index is 0.100. The Hall–Kier alpha value is -0.690. The highest BCUT2D eigenvalue weighted by molar-refractivity contribution is 9.10. The van der Waals surface area contributed by atoms with Crippen molar-refractivity contribution in [2.24, 2.45) is 0 Å². The van der Waals surface area contributed by atoms with E-state index in [2.05, 4.69) is 30.7 Å². The van der Waals surface area contributed by atoms with Crippen LogP contribution in [0.25, 0.3) is 0 Å². The first-order valence-corrected chi connectivity index (χ1v) is 7.36. The number of piperazine rings is 1. The largest absolute Gasteiger partial charge is 0.394 e. The molecule has 5 nitrogen and oxygen atoms in total. The molecule has 1 aromatic rings. The third kappa shape index (κ3) is 4.72. The Morgan fingerprint density at radius 2 is 2.00 bits per heavy atom. The van der Waals surface area contributed by atoms with Crippen molar-refractivity contribution in [1.82, 2.24) is 9.88 Å². The lowest BCUT2D eigenvalue weighted by molar-refractivity contribution is 0.0724. The Morgan fingerprint density at radius 3 is 2.63 bits per heavy atom. The molecule has 1 aliphatic heterocycles. The van der Waals surface area contributed by atoms with Crippen molar-refractivity contribution in [3.63, 3.8) is 0 Å². The van der Waals surface area contributed by atoms with Crippen LogP contribution in [0.5, 0.6) is 0 Å². The first-order chi connectivity index (χ1) is 9.29. The molecule has 19 heavy (non-hydrogen) atoms. The van der Waals surface area contributed by atoms with Gasteiger partial charge in [0, 0.05) is 43.4 Å². The molecule has 2 rings (SSSR count). The molecular weight excluding hydrogens is 310 g/mol. The number of rotatable bonds is 6. The van der Waals surface area contributed by atoms with Gasteiger partial charge in [-0.3, -0.25) is 4.90 Å². The van der Waals surface area contributed by atoms with Gasteiger partial charge in [0.25, 0.3) is 0 Å². The summed E-state index contributed by atoms with van der Waals surface area (Å²) in [7, 11) is 0. The molecule has 0 spiro atoms. The number of nitrogens with zero attached hydrogens (tertiary/aromatic N) is 3. The molecule has 0 unspecified atom stereocenters. The van der Waals surface area contributed by atoms with Gasteiger partial charge in [-0.25, -0.2) is 4.98 Å². The second-order valence-electron chi connectivity index (χ2n) is 4.50. The second-order valence-corrected chi connectivity index (χ2v) is 5.41. The maximum Gasteiger partial charge on any atom is 0.128 e. The van der Waals surface area contributed by atoms with E-state index in [1.165, 1.54) is 0 Å². The highest BCUT2D eigenvalue weighted by Crippen LogP contribution is 2.16. The van der Waals surface area contributed by atoms with Gasteiger partial charge in [-0.1, -0.05) is 0 Å². The number of ether oxygens (including phenoxy) is 1. The van der Waals surface area contributed by atoms with Gasteiger partial charge in [0.05, 0.1) is 19.8 Å². The van der Waals surface area contributed by atoms with Crippen molar-refractivity contribution in [3.05, 3.63) is 22.8 Å². The van der Waals surface area contributed by atoms with Crippen LogP contribution in [0.4, 0.5) is 5.82 Å². The van der Waals surface area contributed by atoms with Gasteiger partial charge in [-0.05, 0) is 28.1 Å². The Morgan fingerprint density at radius 1 is 1.21 bits per heavy atom. The number of pyridine rings is 1. The zero-order valence-corrected chi connectivity index (χ0v) is 12.5. The fourth-order valence-corrected chi connectivity index (χ4v) is 2.35. The van der Waals surface area contributed by atoms with Crippen LogP contribution in [0.3, 0.4) is 0 Å². The summed E-state index contributed by atoms with van der Waals surface area (Å²) in [5, 5.41) is 8.63. The average Bonchev–Trinajstić information content (AvgIpc) is 2.45. The van der Waals surface area contributed by atoms with Gasteiger partial charge >= 0.3 is 0 Å². The van der Waals surface area contributed by atoms with Crippen molar-refractivity contribution < 1.29 is 9.84 Å². The van der Waals surface area contributed by atoms with Crippen LogP contribution >= 0.6 is 15.9 Å². The molecule has 1 aromatic heterocycles. The highest BCUT2D eigenvalue weighted by Gasteiger charge is 2.17. The van der Waals surface area contributed by atoms with Crippen molar-refractivity contribution in [1.29, 1.82) is 0 Å².